The third-order valence-electron chi connectivity index (χ3n) is 2.60. The van der Waals surface area contributed by atoms with E-state index in [0.717, 1.165) is 10.5 Å². The Hall–Kier alpha value is -1.79. The van der Waals surface area contributed by atoms with Gasteiger partial charge < -0.3 is 14.9 Å². The standard InChI is InChI=1S/C14H16N2O3S/c1-10-8-13(16-19-10)15-14(18)6-7-20-12-4-2-11(9-17)3-5-12/h2-5,8,17H,6-7,9H2,1H3,(H,15,16,18). The molecular weight excluding hydrogens is 276 g/mol. The summed E-state index contributed by atoms with van der Waals surface area (Å²) in [7, 11) is 0. The van der Waals surface area contributed by atoms with Crippen LogP contribution in [0.2, 0.25) is 0 Å². The lowest BCUT2D eigenvalue weighted by Crippen LogP contribution is -2.12. The molecule has 0 bridgehead atoms. The van der Waals surface area contributed by atoms with Crippen LogP contribution in [0.25, 0.3) is 0 Å². The summed E-state index contributed by atoms with van der Waals surface area (Å²) in [5.41, 5.74) is 0.883. The van der Waals surface area contributed by atoms with E-state index in [0.29, 0.717) is 23.8 Å². The molecule has 0 fully saturated rings. The topological polar surface area (TPSA) is 75.4 Å². The summed E-state index contributed by atoms with van der Waals surface area (Å²) >= 11 is 1.60. The number of aliphatic hydroxyl groups is 1. The average Bonchev–Trinajstić information content (AvgIpc) is 2.85. The number of nitrogens with zero attached hydrogens (tertiary/aromatic N) is 1. The van der Waals surface area contributed by atoms with E-state index in [9.17, 15) is 4.79 Å². The van der Waals surface area contributed by atoms with Gasteiger partial charge in [-0.25, -0.2) is 0 Å². The summed E-state index contributed by atoms with van der Waals surface area (Å²) in [4.78, 5) is 12.7. The predicted octanol–water partition coefficient (Wildman–Crippen LogP) is 2.60. The number of aryl methyl sites for hydroxylation is 1. The number of benzene rings is 1. The first-order valence-electron chi connectivity index (χ1n) is 6.23. The second kappa shape index (κ2) is 7.12. The van der Waals surface area contributed by atoms with Gasteiger partial charge in [0, 0.05) is 23.1 Å². The Kier molecular flexibility index (Phi) is 5.20. The third-order valence-corrected chi connectivity index (χ3v) is 3.61. The lowest BCUT2D eigenvalue weighted by molar-refractivity contribution is -0.115. The fourth-order valence-corrected chi connectivity index (χ4v) is 2.44. The molecule has 0 atom stereocenters. The van der Waals surface area contributed by atoms with Gasteiger partial charge in [-0.3, -0.25) is 4.79 Å². The zero-order valence-electron chi connectivity index (χ0n) is 11.1. The highest BCUT2D eigenvalue weighted by molar-refractivity contribution is 7.99. The molecule has 0 aliphatic rings. The van der Waals surface area contributed by atoms with Gasteiger partial charge in [0.2, 0.25) is 5.91 Å². The number of nitrogens with one attached hydrogen (secondary N) is 1. The molecule has 0 aliphatic carbocycles. The quantitative estimate of drug-likeness (QED) is 0.800. The van der Waals surface area contributed by atoms with Gasteiger partial charge in [-0.1, -0.05) is 17.3 Å². The van der Waals surface area contributed by atoms with Crippen molar-refractivity contribution >= 4 is 23.5 Å². The summed E-state index contributed by atoms with van der Waals surface area (Å²) in [6, 6.07) is 9.31. The van der Waals surface area contributed by atoms with Gasteiger partial charge in [0.1, 0.15) is 5.76 Å². The van der Waals surface area contributed by atoms with Crippen LogP contribution in [0.5, 0.6) is 0 Å². The predicted molar refractivity (Wildman–Crippen MR) is 77.6 cm³/mol. The van der Waals surface area contributed by atoms with Crippen molar-refractivity contribution in [3.05, 3.63) is 41.7 Å². The Morgan fingerprint density at radius 2 is 2.15 bits per heavy atom. The second-order valence-electron chi connectivity index (χ2n) is 4.27. The Balaban J connectivity index is 1.73. The summed E-state index contributed by atoms with van der Waals surface area (Å²) in [5, 5.41) is 15.3. The van der Waals surface area contributed by atoms with E-state index in [1.807, 2.05) is 24.3 Å². The van der Waals surface area contributed by atoms with E-state index in [1.54, 1.807) is 24.8 Å². The van der Waals surface area contributed by atoms with Gasteiger partial charge in [-0.05, 0) is 24.6 Å². The first-order valence-corrected chi connectivity index (χ1v) is 7.21. The van der Waals surface area contributed by atoms with Gasteiger partial charge >= 0.3 is 0 Å². The highest BCUT2D eigenvalue weighted by Gasteiger charge is 2.06. The van der Waals surface area contributed by atoms with Crippen LogP contribution in [0.1, 0.15) is 17.7 Å². The van der Waals surface area contributed by atoms with Crippen molar-refractivity contribution in [2.75, 3.05) is 11.1 Å². The number of carbonyl (C=O) groups is 1. The van der Waals surface area contributed by atoms with Crippen molar-refractivity contribution in [3.63, 3.8) is 0 Å². The van der Waals surface area contributed by atoms with Crippen LogP contribution in [-0.4, -0.2) is 21.9 Å². The van der Waals surface area contributed by atoms with E-state index < -0.39 is 0 Å². The van der Waals surface area contributed by atoms with Crippen LogP contribution in [0.4, 0.5) is 5.82 Å². The number of amides is 1. The van der Waals surface area contributed by atoms with Gasteiger partial charge in [0.05, 0.1) is 6.61 Å². The third kappa shape index (κ3) is 4.40. The molecule has 2 N–H and O–H groups in total. The number of hydrogen-bond acceptors (Lipinski definition) is 5. The molecule has 6 heteroatoms. The second-order valence-corrected chi connectivity index (χ2v) is 5.44. The molecule has 106 valence electrons. The molecule has 1 amide bonds. The highest BCUT2D eigenvalue weighted by atomic mass is 32.2. The number of aromatic nitrogens is 1. The minimum Gasteiger partial charge on any atom is -0.392 e. The number of thioether (sulfide) groups is 1. The smallest absolute Gasteiger partial charge is 0.226 e. The maximum Gasteiger partial charge on any atom is 0.226 e. The first kappa shape index (κ1) is 14.6. The zero-order valence-corrected chi connectivity index (χ0v) is 11.9. The molecular formula is C14H16N2O3S. The molecule has 1 heterocycles. The first-order chi connectivity index (χ1) is 9.67. The van der Waals surface area contributed by atoms with E-state index in [1.165, 1.54) is 0 Å². The summed E-state index contributed by atoms with van der Waals surface area (Å²) in [6.45, 7) is 1.82. The molecule has 0 aliphatic heterocycles. The van der Waals surface area contributed by atoms with E-state index >= 15 is 0 Å². The van der Waals surface area contributed by atoms with E-state index in [4.69, 9.17) is 9.63 Å². The minimum absolute atomic E-state index is 0.0461. The molecule has 1 aromatic carbocycles. The lowest BCUT2D eigenvalue weighted by atomic mass is 10.2. The summed E-state index contributed by atoms with van der Waals surface area (Å²) in [5.74, 6) is 1.71. The minimum atomic E-state index is -0.0854. The lowest BCUT2D eigenvalue weighted by Gasteiger charge is -2.03. The molecule has 5 nitrogen and oxygen atoms in total. The Bertz CT molecular complexity index is 566. The molecule has 0 saturated heterocycles. The average molecular weight is 292 g/mol. The van der Waals surface area contributed by atoms with E-state index in [-0.39, 0.29) is 12.5 Å². The van der Waals surface area contributed by atoms with Crippen molar-refractivity contribution in [2.45, 2.75) is 24.8 Å². The number of anilines is 1. The van der Waals surface area contributed by atoms with Gasteiger partial charge in [0.25, 0.3) is 0 Å². The molecule has 2 aromatic rings. The van der Waals surface area contributed by atoms with Crippen LogP contribution < -0.4 is 5.32 Å². The Morgan fingerprint density at radius 3 is 2.75 bits per heavy atom. The molecule has 0 spiro atoms. The maximum absolute atomic E-state index is 11.7. The molecule has 0 radical (unpaired) electrons. The fourth-order valence-electron chi connectivity index (χ4n) is 1.58. The number of aliphatic hydroxyl groups excluding tert-OH is 1. The van der Waals surface area contributed by atoms with Gasteiger partial charge in [-0.2, -0.15) is 0 Å². The maximum atomic E-state index is 11.7. The summed E-state index contributed by atoms with van der Waals surface area (Å²) < 4.78 is 4.87. The fraction of sp³-hybridized carbons (Fsp3) is 0.286. The van der Waals surface area contributed by atoms with Gasteiger partial charge in [-0.15, -0.1) is 11.8 Å². The van der Waals surface area contributed by atoms with Crippen molar-refractivity contribution in [1.29, 1.82) is 0 Å². The van der Waals surface area contributed by atoms with Crippen molar-refractivity contribution in [1.82, 2.24) is 5.16 Å². The van der Waals surface area contributed by atoms with Gasteiger partial charge in [0.15, 0.2) is 5.82 Å². The normalized spacial score (nSPS) is 10.5. The molecule has 2 rings (SSSR count). The number of rotatable bonds is 6. The van der Waals surface area contributed by atoms with Crippen molar-refractivity contribution in [3.8, 4) is 0 Å². The van der Waals surface area contributed by atoms with Crippen molar-refractivity contribution < 1.29 is 14.4 Å². The van der Waals surface area contributed by atoms with E-state index in [2.05, 4.69) is 10.5 Å². The monoisotopic (exact) mass is 292 g/mol. The van der Waals surface area contributed by atoms with Crippen LogP contribution in [0, 0.1) is 6.92 Å². The Labute approximate surface area is 121 Å². The Morgan fingerprint density at radius 1 is 1.40 bits per heavy atom. The number of carbonyl (C=O) groups excluding carboxylic acids is 1. The molecule has 0 saturated carbocycles. The van der Waals surface area contributed by atoms with Crippen LogP contribution in [-0.2, 0) is 11.4 Å². The largest absolute Gasteiger partial charge is 0.392 e. The van der Waals surface area contributed by atoms with Crippen molar-refractivity contribution in [2.24, 2.45) is 0 Å². The van der Waals surface area contributed by atoms with Crippen LogP contribution >= 0.6 is 11.8 Å². The zero-order chi connectivity index (χ0) is 14.4. The van der Waals surface area contributed by atoms with Crippen LogP contribution in [0.3, 0.4) is 0 Å². The molecule has 0 unspecified atom stereocenters. The highest BCUT2D eigenvalue weighted by Crippen LogP contribution is 2.19. The number of hydrogen-bond donors (Lipinski definition) is 2. The molecule has 20 heavy (non-hydrogen) atoms. The van der Waals surface area contributed by atoms with Crippen LogP contribution in [0.15, 0.2) is 39.8 Å². The molecule has 1 aromatic heterocycles. The summed E-state index contributed by atoms with van der Waals surface area (Å²) in [6.07, 6.45) is 0.401. The SMILES string of the molecule is Cc1cc(NC(=O)CCSc2ccc(CO)cc2)no1.